The topological polar surface area (TPSA) is 70.0 Å². The second-order valence-corrected chi connectivity index (χ2v) is 9.21. The molecule has 0 saturated heterocycles. The Kier molecular flexibility index (Phi) is 6.33. The first kappa shape index (κ1) is 22.5. The lowest BCUT2D eigenvalue weighted by molar-refractivity contribution is -0.139. The van der Waals surface area contributed by atoms with Gasteiger partial charge in [0.2, 0.25) is 0 Å². The Hall–Kier alpha value is -3.25. The number of aromatic nitrogens is 2. The van der Waals surface area contributed by atoms with Crippen molar-refractivity contribution in [2.24, 2.45) is 0 Å². The number of fused-ring (bicyclic) bond motifs is 2. The summed E-state index contributed by atoms with van der Waals surface area (Å²) in [6.45, 7) is 1.02. The minimum Gasteiger partial charge on any atom is -0.480 e. The van der Waals surface area contributed by atoms with E-state index in [1.54, 1.807) is 6.07 Å². The van der Waals surface area contributed by atoms with Crippen LogP contribution in [0.2, 0.25) is 10.0 Å². The highest BCUT2D eigenvalue weighted by Gasteiger charge is 2.20. The highest BCUT2D eigenvalue weighted by atomic mass is 35.5. The summed E-state index contributed by atoms with van der Waals surface area (Å²) in [6, 6.07) is 20.8. The molecule has 7 heteroatoms. The number of carbonyl (C=O) groups is 1. The molecular formula is C27H23Cl2N3O2. The molecule has 0 saturated carbocycles. The van der Waals surface area contributed by atoms with Crippen molar-refractivity contribution in [3.05, 3.63) is 106 Å². The summed E-state index contributed by atoms with van der Waals surface area (Å²) < 4.78 is 2.14. The number of rotatable bonds is 8. The number of H-pyrrole nitrogens is 1. The molecule has 5 nitrogen and oxygen atoms in total. The van der Waals surface area contributed by atoms with Gasteiger partial charge in [-0.25, -0.2) is 0 Å². The summed E-state index contributed by atoms with van der Waals surface area (Å²) in [4.78, 5) is 15.3. The quantitative estimate of drug-likeness (QED) is 0.239. The average molecular weight is 492 g/mol. The van der Waals surface area contributed by atoms with Crippen LogP contribution >= 0.6 is 23.2 Å². The summed E-state index contributed by atoms with van der Waals surface area (Å²) >= 11 is 12.5. The van der Waals surface area contributed by atoms with Crippen LogP contribution in [0.1, 0.15) is 16.7 Å². The number of hydrogen-bond acceptors (Lipinski definition) is 2. The van der Waals surface area contributed by atoms with Crippen LogP contribution in [0.3, 0.4) is 0 Å². The van der Waals surface area contributed by atoms with Crippen LogP contribution in [-0.4, -0.2) is 26.7 Å². The fraction of sp³-hybridized carbons (Fsp3) is 0.148. The highest BCUT2D eigenvalue weighted by molar-refractivity contribution is 6.35. The normalized spacial score (nSPS) is 12.4. The molecule has 0 spiro atoms. The number of para-hydroxylation sites is 2. The van der Waals surface area contributed by atoms with Crippen molar-refractivity contribution < 1.29 is 9.90 Å². The summed E-state index contributed by atoms with van der Waals surface area (Å²) in [5, 5.41) is 16.5. The van der Waals surface area contributed by atoms with Crippen molar-refractivity contribution in [1.29, 1.82) is 0 Å². The second-order valence-electron chi connectivity index (χ2n) is 8.37. The molecule has 3 N–H and O–H groups in total. The van der Waals surface area contributed by atoms with Crippen LogP contribution < -0.4 is 5.32 Å². The van der Waals surface area contributed by atoms with E-state index in [0.29, 0.717) is 29.6 Å². The molecule has 0 aliphatic rings. The van der Waals surface area contributed by atoms with Crippen molar-refractivity contribution in [2.45, 2.75) is 25.6 Å². The van der Waals surface area contributed by atoms with E-state index in [-0.39, 0.29) is 0 Å². The lowest BCUT2D eigenvalue weighted by Gasteiger charge is -2.14. The van der Waals surface area contributed by atoms with Gasteiger partial charge in [-0.1, -0.05) is 65.7 Å². The second kappa shape index (κ2) is 9.55. The van der Waals surface area contributed by atoms with E-state index < -0.39 is 12.0 Å². The fourth-order valence-electron chi connectivity index (χ4n) is 4.43. The summed E-state index contributed by atoms with van der Waals surface area (Å²) in [5.41, 5.74) is 5.05. The standard InChI is InChI=1S/C27H23Cl2N3O2/c28-20-10-9-17(23(29)12-20)15-32-16-19(22-6-2-4-8-26(22)32)14-31-25(27(33)34)11-18-13-30-24-7-3-1-5-21(18)24/h1-10,12-13,16,25,30-31H,11,14-15H2,(H,33,34). The molecule has 172 valence electrons. The number of hydrogen-bond donors (Lipinski definition) is 3. The van der Waals surface area contributed by atoms with Gasteiger partial charge < -0.3 is 14.7 Å². The Morgan fingerprint density at radius 1 is 0.971 bits per heavy atom. The van der Waals surface area contributed by atoms with Gasteiger partial charge in [-0.2, -0.15) is 0 Å². The molecule has 0 bridgehead atoms. The van der Waals surface area contributed by atoms with Gasteiger partial charge >= 0.3 is 5.97 Å². The van der Waals surface area contributed by atoms with Crippen molar-refractivity contribution in [3.8, 4) is 0 Å². The molecule has 0 fully saturated rings. The van der Waals surface area contributed by atoms with Gasteiger partial charge in [0, 0.05) is 63.8 Å². The molecule has 3 aromatic carbocycles. The van der Waals surface area contributed by atoms with Crippen LogP contribution in [0.25, 0.3) is 21.8 Å². The Balaban J connectivity index is 1.39. The lowest BCUT2D eigenvalue weighted by atomic mass is 10.0. The fourth-order valence-corrected chi connectivity index (χ4v) is 4.90. The number of carboxylic acid groups (broad SMARTS) is 1. The predicted octanol–water partition coefficient (Wildman–Crippen LogP) is 6.26. The van der Waals surface area contributed by atoms with Crippen LogP contribution in [0, 0.1) is 0 Å². The van der Waals surface area contributed by atoms with Crippen LogP contribution in [-0.2, 0) is 24.3 Å². The SMILES string of the molecule is O=C(O)C(Cc1c[nH]c2ccccc12)NCc1cn(Cc2ccc(Cl)cc2Cl)c2ccccc12. The number of benzene rings is 3. The number of nitrogens with zero attached hydrogens (tertiary/aromatic N) is 1. The largest absolute Gasteiger partial charge is 0.480 e. The Labute approximate surface area is 206 Å². The number of nitrogens with one attached hydrogen (secondary N) is 2. The van der Waals surface area contributed by atoms with Crippen LogP contribution in [0.4, 0.5) is 0 Å². The molecule has 2 aromatic heterocycles. The van der Waals surface area contributed by atoms with Crippen LogP contribution in [0.5, 0.6) is 0 Å². The monoisotopic (exact) mass is 491 g/mol. The first-order valence-electron chi connectivity index (χ1n) is 11.0. The molecule has 34 heavy (non-hydrogen) atoms. The lowest BCUT2D eigenvalue weighted by Crippen LogP contribution is -2.38. The smallest absolute Gasteiger partial charge is 0.321 e. The van der Waals surface area contributed by atoms with E-state index in [0.717, 1.165) is 38.5 Å². The van der Waals surface area contributed by atoms with Gasteiger partial charge in [0.15, 0.2) is 0 Å². The maximum absolute atomic E-state index is 12.1. The first-order valence-corrected chi connectivity index (χ1v) is 11.8. The van der Waals surface area contributed by atoms with Gasteiger partial charge in [0.1, 0.15) is 6.04 Å². The third-order valence-electron chi connectivity index (χ3n) is 6.16. The van der Waals surface area contributed by atoms with E-state index in [4.69, 9.17) is 23.2 Å². The summed E-state index contributed by atoms with van der Waals surface area (Å²) in [5.74, 6) is -0.873. The maximum Gasteiger partial charge on any atom is 0.321 e. The minimum absolute atomic E-state index is 0.387. The van der Waals surface area contributed by atoms with E-state index in [1.165, 1.54) is 0 Å². The number of carboxylic acids is 1. The minimum atomic E-state index is -0.873. The number of halogens is 2. The van der Waals surface area contributed by atoms with Gasteiger partial charge in [0.05, 0.1) is 0 Å². The number of aromatic amines is 1. The van der Waals surface area contributed by atoms with E-state index in [1.807, 2.05) is 54.7 Å². The van der Waals surface area contributed by atoms with Gasteiger partial charge in [-0.15, -0.1) is 0 Å². The zero-order chi connectivity index (χ0) is 23.7. The van der Waals surface area contributed by atoms with Crippen molar-refractivity contribution in [3.63, 3.8) is 0 Å². The van der Waals surface area contributed by atoms with Crippen LogP contribution in [0.15, 0.2) is 79.1 Å². The summed E-state index contributed by atoms with van der Waals surface area (Å²) in [7, 11) is 0. The predicted molar refractivity (Wildman–Crippen MR) is 138 cm³/mol. The molecule has 5 rings (SSSR count). The molecule has 0 radical (unpaired) electrons. The highest BCUT2D eigenvalue weighted by Crippen LogP contribution is 2.26. The molecule has 0 amide bonds. The zero-order valence-corrected chi connectivity index (χ0v) is 19.8. The Morgan fingerprint density at radius 3 is 2.53 bits per heavy atom. The van der Waals surface area contributed by atoms with Crippen molar-refractivity contribution >= 4 is 51.0 Å². The average Bonchev–Trinajstić information content (AvgIpc) is 3.40. The van der Waals surface area contributed by atoms with E-state index in [2.05, 4.69) is 33.2 Å². The molecule has 5 aromatic rings. The first-order chi connectivity index (χ1) is 16.5. The van der Waals surface area contributed by atoms with Gasteiger partial charge in [-0.05, 0) is 41.0 Å². The van der Waals surface area contributed by atoms with Gasteiger partial charge in [0.25, 0.3) is 0 Å². The zero-order valence-electron chi connectivity index (χ0n) is 18.3. The molecule has 1 atom stereocenters. The molecule has 2 heterocycles. The molecular weight excluding hydrogens is 469 g/mol. The molecule has 1 unspecified atom stereocenters. The maximum atomic E-state index is 12.1. The van der Waals surface area contributed by atoms with E-state index >= 15 is 0 Å². The molecule has 0 aliphatic carbocycles. The van der Waals surface area contributed by atoms with Crippen molar-refractivity contribution in [1.82, 2.24) is 14.9 Å². The molecule has 0 aliphatic heterocycles. The third-order valence-corrected chi connectivity index (χ3v) is 6.75. The van der Waals surface area contributed by atoms with Crippen molar-refractivity contribution in [2.75, 3.05) is 0 Å². The Bertz CT molecular complexity index is 1490. The Morgan fingerprint density at radius 2 is 1.74 bits per heavy atom. The van der Waals surface area contributed by atoms with Gasteiger partial charge in [-0.3, -0.25) is 10.1 Å². The van der Waals surface area contributed by atoms with E-state index in [9.17, 15) is 9.90 Å². The third kappa shape index (κ3) is 4.55. The number of aliphatic carboxylic acids is 1. The summed E-state index contributed by atoms with van der Waals surface area (Å²) in [6.07, 6.45) is 4.34.